The molecule has 0 bridgehead atoms. The third-order valence-electron chi connectivity index (χ3n) is 2.32. The van der Waals surface area contributed by atoms with E-state index >= 15 is 0 Å². The quantitative estimate of drug-likeness (QED) is 0.754. The number of aldehydes is 1. The number of carbonyl (C=O) groups excluding carboxylic acids is 1. The van der Waals surface area contributed by atoms with Gasteiger partial charge in [0.2, 0.25) is 0 Å². The van der Waals surface area contributed by atoms with Crippen LogP contribution in [0, 0.1) is 5.82 Å². The van der Waals surface area contributed by atoms with Gasteiger partial charge in [0, 0.05) is 11.6 Å². The molecular weight excluding hydrogens is 219 g/mol. The second kappa shape index (κ2) is 5.25. The molecule has 0 unspecified atom stereocenters. The van der Waals surface area contributed by atoms with Crippen LogP contribution in [0.25, 0.3) is 0 Å². The number of carbonyl (C=O) groups is 1. The van der Waals surface area contributed by atoms with Gasteiger partial charge >= 0.3 is 0 Å². The van der Waals surface area contributed by atoms with Crippen LogP contribution in [-0.4, -0.2) is 6.29 Å². The van der Waals surface area contributed by atoms with Crippen LogP contribution in [0.15, 0.2) is 48.5 Å². The summed E-state index contributed by atoms with van der Waals surface area (Å²) in [5.74, 6) is 0.170. The lowest BCUT2D eigenvalue weighted by molar-refractivity contribution is 0.112. The first kappa shape index (κ1) is 11.3. The molecule has 3 heteroatoms. The fourth-order valence-electron chi connectivity index (χ4n) is 1.42. The maximum atomic E-state index is 12.9. The monoisotopic (exact) mass is 230 g/mol. The number of hydrogen-bond acceptors (Lipinski definition) is 2. The summed E-state index contributed by atoms with van der Waals surface area (Å²) < 4.78 is 18.3. The highest BCUT2D eigenvalue weighted by atomic mass is 19.1. The number of halogens is 1. The van der Waals surface area contributed by atoms with E-state index in [1.54, 1.807) is 24.3 Å². The van der Waals surface area contributed by atoms with Crippen LogP contribution in [0.5, 0.6) is 5.75 Å². The molecule has 2 aromatic rings. The predicted octanol–water partition coefficient (Wildman–Crippen LogP) is 3.22. The maximum absolute atomic E-state index is 12.9. The summed E-state index contributed by atoms with van der Waals surface area (Å²) in [6.45, 7) is 0.350. The molecule has 86 valence electrons. The first-order valence-corrected chi connectivity index (χ1v) is 5.20. The molecule has 0 saturated carbocycles. The first-order chi connectivity index (χ1) is 8.28. The molecule has 0 aliphatic carbocycles. The van der Waals surface area contributed by atoms with Gasteiger partial charge < -0.3 is 4.74 Å². The van der Waals surface area contributed by atoms with E-state index in [2.05, 4.69) is 0 Å². The molecule has 17 heavy (non-hydrogen) atoms. The van der Waals surface area contributed by atoms with Gasteiger partial charge in [0.25, 0.3) is 0 Å². The molecule has 2 rings (SSSR count). The highest BCUT2D eigenvalue weighted by Gasteiger charge is 1.98. The van der Waals surface area contributed by atoms with Crippen LogP contribution in [0.3, 0.4) is 0 Å². The average molecular weight is 230 g/mol. The minimum atomic E-state index is -0.321. The molecule has 0 fully saturated rings. The third-order valence-corrected chi connectivity index (χ3v) is 2.32. The van der Waals surface area contributed by atoms with E-state index in [4.69, 9.17) is 4.74 Å². The second-order valence-electron chi connectivity index (χ2n) is 3.61. The van der Waals surface area contributed by atoms with E-state index in [0.717, 1.165) is 11.8 Å². The van der Waals surface area contributed by atoms with Crippen molar-refractivity contribution in [3.63, 3.8) is 0 Å². The Morgan fingerprint density at radius 3 is 2.53 bits per heavy atom. The molecular formula is C14H11FO2. The summed E-state index contributed by atoms with van der Waals surface area (Å²) in [4.78, 5) is 10.5. The van der Waals surface area contributed by atoms with Gasteiger partial charge in [-0.25, -0.2) is 4.39 Å². The van der Waals surface area contributed by atoms with Crippen LogP contribution in [0.1, 0.15) is 15.9 Å². The van der Waals surface area contributed by atoms with E-state index in [9.17, 15) is 9.18 Å². The number of ether oxygens (including phenoxy) is 1. The van der Waals surface area contributed by atoms with Gasteiger partial charge in [0.15, 0.2) is 0 Å². The van der Waals surface area contributed by atoms with E-state index < -0.39 is 0 Å². The largest absolute Gasteiger partial charge is 0.489 e. The minimum Gasteiger partial charge on any atom is -0.489 e. The van der Waals surface area contributed by atoms with Gasteiger partial charge in [-0.15, -0.1) is 0 Å². The van der Waals surface area contributed by atoms with Crippen molar-refractivity contribution in [2.75, 3.05) is 0 Å². The summed E-state index contributed by atoms with van der Waals surface area (Å²) in [6.07, 6.45) is 0.789. The van der Waals surface area contributed by atoms with Crippen LogP contribution < -0.4 is 4.74 Å². The smallest absolute Gasteiger partial charge is 0.150 e. The van der Waals surface area contributed by atoms with Gasteiger partial charge in [-0.2, -0.15) is 0 Å². The summed E-state index contributed by atoms with van der Waals surface area (Å²) in [6, 6.07) is 13.1. The van der Waals surface area contributed by atoms with Crippen LogP contribution in [0.2, 0.25) is 0 Å². The van der Waals surface area contributed by atoms with E-state index in [-0.39, 0.29) is 5.82 Å². The van der Waals surface area contributed by atoms with Crippen LogP contribution in [-0.2, 0) is 6.61 Å². The normalized spacial score (nSPS) is 9.94. The lowest BCUT2D eigenvalue weighted by Crippen LogP contribution is -1.95. The number of hydrogen-bond donors (Lipinski definition) is 0. The minimum absolute atomic E-state index is 0.321. The Morgan fingerprint density at radius 2 is 1.88 bits per heavy atom. The van der Waals surface area contributed by atoms with Crippen molar-refractivity contribution >= 4 is 6.29 Å². The molecule has 0 amide bonds. The van der Waals surface area contributed by atoms with E-state index in [1.165, 1.54) is 12.1 Å². The Labute approximate surface area is 98.7 Å². The highest BCUT2D eigenvalue weighted by Crippen LogP contribution is 2.14. The molecule has 0 spiro atoms. The molecule has 0 aliphatic heterocycles. The molecule has 0 saturated heterocycles. The lowest BCUT2D eigenvalue weighted by atomic mass is 10.2. The van der Waals surface area contributed by atoms with Gasteiger partial charge in [0.05, 0.1) is 0 Å². The molecule has 0 N–H and O–H groups in total. The van der Waals surface area contributed by atoms with Crippen molar-refractivity contribution in [3.05, 3.63) is 65.5 Å². The molecule has 0 atom stereocenters. The second-order valence-corrected chi connectivity index (χ2v) is 3.61. The lowest BCUT2D eigenvalue weighted by Gasteiger charge is -2.06. The fraction of sp³-hybridized carbons (Fsp3) is 0.0714. The van der Waals surface area contributed by atoms with E-state index in [0.29, 0.717) is 17.9 Å². The Kier molecular flexibility index (Phi) is 3.50. The predicted molar refractivity (Wildman–Crippen MR) is 62.6 cm³/mol. The molecule has 0 heterocycles. The highest BCUT2D eigenvalue weighted by molar-refractivity contribution is 5.74. The van der Waals surface area contributed by atoms with Gasteiger partial charge in [-0.05, 0) is 17.7 Å². The standard InChI is InChI=1S/C14H11FO2/c15-13-2-1-3-14(8-13)17-10-12-6-4-11(9-16)5-7-12/h1-9H,10H2. The van der Waals surface area contributed by atoms with E-state index in [1.807, 2.05) is 12.1 Å². The molecule has 2 aromatic carbocycles. The zero-order valence-electron chi connectivity index (χ0n) is 9.10. The fourth-order valence-corrected chi connectivity index (χ4v) is 1.42. The topological polar surface area (TPSA) is 26.3 Å². The van der Waals surface area contributed by atoms with Crippen molar-refractivity contribution in [1.29, 1.82) is 0 Å². The zero-order chi connectivity index (χ0) is 12.1. The Morgan fingerprint density at radius 1 is 1.12 bits per heavy atom. The molecule has 2 nitrogen and oxygen atoms in total. The van der Waals surface area contributed by atoms with Gasteiger partial charge in [0.1, 0.15) is 24.5 Å². The van der Waals surface area contributed by atoms with Crippen molar-refractivity contribution in [2.24, 2.45) is 0 Å². The van der Waals surface area contributed by atoms with Gasteiger partial charge in [-0.3, -0.25) is 4.79 Å². The van der Waals surface area contributed by atoms with Crippen LogP contribution >= 0.6 is 0 Å². The van der Waals surface area contributed by atoms with Crippen molar-refractivity contribution in [3.8, 4) is 5.75 Å². The Balaban J connectivity index is 1.99. The maximum Gasteiger partial charge on any atom is 0.150 e. The molecule has 0 aromatic heterocycles. The van der Waals surface area contributed by atoms with Gasteiger partial charge in [-0.1, -0.05) is 30.3 Å². The van der Waals surface area contributed by atoms with Crippen molar-refractivity contribution in [1.82, 2.24) is 0 Å². The number of benzene rings is 2. The first-order valence-electron chi connectivity index (χ1n) is 5.20. The summed E-state index contributed by atoms with van der Waals surface area (Å²) in [5, 5.41) is 0. The average Bonchev–Trinajstić information content (AvgIpc) is 2.37. The summed E-state index contributed by atoms with van der Waals surface area (Å²) in [7, 11) is 0. The Hall–Kier alpha value is -2.16. The molecule has 0 aliphatic rings. The molecule has 0 radical (unpaired) electrons. The zero-order valence-corrected chi connectivity index (χ0v) is 9.10. The summed E-state index contributed by atoms with van der Waals surface area (Å²) >= 11 is 0. The van der Waals surface area contributed by atoms with Crippen molar-refractivity contribution in [2.45, 2.75) is 6.61 Å². The van der Waals surface area contributed by atoms with Crippen molar-refractivity contribution < 1.29 is 13.9 Å². The Bertz CT molecular complexity index is 506. The summed E-state index contributed by atoms with van der Waals surface area (Å²) in [5.41, 5.74) is 1.55. The SMILES string of the molecule is O=Cc1ccc(COc2cccc(F)c2)cc1. The van der Waals surface area contributed by atoms with Crippen LogP contribution in [0.4, 0.5) is 4.39 Å². The third kappa shape index (κ3) is 3.14. The number of rotatable bonds is 4.